The third-order valence-corrected chi connectivity index (χ3v) is 7.67. The minimum Gasteiger partial charge on any atom is -0.347 e. The lowest BCUT2D eigenvalue weighted by atomic mass is 10.2. The highest BCUT2D eigenvalue weighted by molar-refractivity contribution is 7.89. The van der Waals surface area contributed by atoms with Gasteiger partial charge in [-0.15, -0.1) is 5.10 Å². The number of nitrogens with one attached hydrogen (secondary N) is 1. The Balaban J connectivity index is 1.47. The van der Waals surface area contributed by atoms with Crippen LogP contribution in [0.4, 0.5) is 0 Å². The summed E-state index contributed by atoms with van der Waals surface area (Å²) < 4.78 is 28.4. The van der Waals surface area contributed by atoms with Crippen LogP contribution in [-0.4, -0.2) is 46.7 Å². The van der Waals surface area contributed by atoms with Crippen LogP contribution in [0, 0.1) is 0 Å². The van der Waals surface area contributed by atoms with Gasteiger partial charge in [-0.05, 0) is 42.7 Å². The molecule has 1 N–H and O–H groups in total. The predicted octanol–water partition coefficient (Wildman–Crippen LogP) is 3.11. The second kappa shape index (κ2) is 9.22. The zero-order valence-corrected chi connectivity index (χ0v) is 19.0. The van der Waals surface area contributed by atoms with Gasteiger partial charge in [0, 0.05) is 25.6 Å². The number of benzene rings is 2. The van der Waals surface area contributed by atoms with Crippen LogP contribution in [-0.2, 0) is 16.6 Å². The van der Waals surface area contributed by atoms with Crippen molar-refractivity contribution < 1.29 is 13.2 Å². The van der Waals surface area contributed by atoms with Gasteiger partial charge in [0.2, 0.25) is 10.0 Å². The van der Waals surface area contributed by atoms with Gasteiger partial charge in [-0.1, -0.05) is 49.4 Å². The Morgan fingerprint density at radius 2 is 1.72 bits per heavy atom. The molecule has 1 heterocycles. The monoisotopic (exact) mass is 453 g/mol. The van der Waals surface area contributed by atoms with Crippen molar-refractivity contribution in [2.45, 2.75) is 44.0 Å². The Morgan fingerprint density at radius 3 is 2.31 bits per heavy atom. The van der Waals surface area contributed by atoms with E-state index in [4.69, 9.17) is 0 Å². The molecule has 168 valence electrons. The maximum absolute atomic E-state index is 12.9. The van der Waals surface area contributed by atoms with Crippen molar-refractivity contribution in [3.8, 4) is 5.69 Å². The van der Waals surface area contributed by atoms with Crippen LogP contribution in [0.15, 0.2) is 59.5 Å². The first-order valence-corrected chi connectivity index (χ1v) is 12.3. The molecule has 4 rings (SSSR count). The smallest absolute Gasteiger partial charge is 0.274 e. The summed E-state index contributed by atoms with van der Waals surface area (Å²) >= 11 is 0. The number of amides is 1. The number of para-hydroxylation sites is 1. The number of sulfonamides is 1. The fourth-order valence-electron chi connectivity index (χ4n) is 3.69. The van der Waals surface area contributed by atoms with Crippen molar-refractivity contribution in [2.24, 2.45) is 0 Å². The Morgan fingerprint density at radius 1 is 1.06 bits per heavy atom. The van der Waals surface area contributed by atoms with Crippen molar-refractivity contribution in [2.75, 3.05) is 13.1 Å². The van der Waals surface area contributed by atoms with E-state index in [1.165, 1.54) is 4.31 Å². The number of aromatic nitrogens is 3. The quantitative estimate of drug-likeness (QED) is 0.537. The van der Waals surface area contributed by atoms with Crippen LogP contribution in [0.2, 0.25) is 0 Å². The molecule has 1 aliphatic carbocycles. The third-order valence-electron chi connectivity index (χ3n) is 5.60. The normalized spacial score (nSPS) is 14.0. The van der Waals surface area contributed by atoms with Gasteiger partial charge in [0.05, 0.1) is 16.3 Å². The minimum absolute atomic E-state index is 0.248. The topological polar surface area (TPSA) is 97.2 Å². The Kier molecular flexibility index (Phi) is 6.38. The third kappa shape index (κ3) is 4.44. The molecule has 1 aromatic heterocycles. The average Bonchev–Trinajstić information content (AvgIpc) is 3.56. The second-order valence-corrected chi connectivity index (χ2v) is 9.70. The van der Waals surface area contributed by atoms with Crippen LogP contribution < -0.4 is 5.32 Å². The molecule has 32 heavy (non-hydrogen) atoms. The zero-order valence-electron chi connectivity index (χ0n) is 18.2. The highest BCUT2D eigenvalue weighted by Crippen LogP contribution is 2.41. The molecule has 0 aliphatic heterocycles. The minimum atomic E-state index is -3.50. The summed E-state index contributed by atoms with van der Waals surface area (Å²) in [5.41, 5.74) is 2.87. The SMILES string of the molecule is CCN(CC)S(=O)(=O)c1ccc(CNC(=O)c2nnn(-c3ccccc3)c2C2CC2)cc1. The van der Waals surface area contributed by atoms with Gasteiger partial charge in [0.25, 0.3) is 5.91 Å². The molecule has 2 aromatic carbocycles. The first-order chi connectivity index (χ1) is 15.5. The summed E-state index contributed by atoms with van der Waals surface area (Å²) in [5, 5.41) is 11.3. The molecule has 8 nitrogen and oxygen atoms in total. The molecule has 3 aromatic rings. The van der Waals surface area contributed by atoms with Crippen molar-refractivity contribution in [3.63, 3.8) is 0 Å². The van der Waals surface area contributed by atoms with Gasteiger partial charge < -0.3 is 5.32 Å². The van der Waals surface area contributed by atoms with Crippen LogP contribution >= 0.6 is 0 Å². The first kappa shape index (κ1) is 22.2. The zero-order chi connectivity index (χ0) is 22.7. The van der Waals surface area contributed by atoms with Crippen LogP contribution in [0.1, 0.15) is 54.4 Å². The van der Waals surface area contributed by atoms with Gasteiger partial charge >= 0.3 is 0 Å². The van der Waals surface area contributed by atoms with E-state index in [1.807, 2.05) is 44.2 Å². The highest BCUT2D eigenvalue weighted by atomic mass is 32.2. The molecule has 0 bridgehead atoms. The van der Waals surface area contributed by atoms with Gasteiger partial charge in [-0.2, -0.15) is 4.31 Å². The molecule has 1 amide bonds. The number of rotatable bonds is 9. The number of hydrogen-bond donors (Lipinski definition) is 1. The molecule has 1 aliphatic rings. The lowest BCUT2D eigenvalue weighted by Crippen LogP contribution is -2.30. The number of carbonyl (C=O) groups is 1. The summed E-state index contributed by atoms with van der Waals surface area (Å²) in [6, 6.07) is 16.3. The first-order valence-electron chi connectivity index (χ1n) is 10.8. The van der Waals surface area contributed by atoms with Crippen molar-refractivity contribution >= 4 is 15.9 Å². The predicted molar refractivity (Wildman–Crippen MR) is 121 cm³/mol. The van der Waals surface area contributed by atoms with Crippen molar-refractivity contribution in [3.05, 3.63) is 71.5 Å². The van der Waals surface area contributed by atoms with E-state index < -0.39 is 10.0 Å². The summed E-state index contributed by atoms with van der Waals surface area (Å²) in [5.74, 6) is 0.00411. The van der Waals surface area contributed by atoms with Crippen LogP contribution in [0.5, 0.6) is 0 Å². The molecule has 0 radical (unpaired) electrons. The van der Waals surface area contributed by atoms with E-state index in [0.29, 0.717) is 18.8 Å². The standard InChI is InChI=1S/C23H27N5O3S/c1-3-27(4-2)32(30,31)20-14-10-17(11-15-20)16-24-23(29)21-22(18-12-13-18)28(26-25-21)19-8-6-5-7-9-19/h5-11,14-15,18H,3-4,12-13,16H2,1-2H3,(H,24,29). The molecule has 1 fully saturated rings. The highest BCUT2D eigenvalue weighted by Gasteiger charge is 2.34. The van der Waals surface area contributed by atoms with E-state index in [9.17, 15) is 13.2 Å². The summed E-state index contributed by atoms with van der Waals surface area (Å²) in [6.07, 6.45) is 2.03. The van der Waals surface area contributed by atoms with E-state index in [1.54, 1.807) is 28.9 Å². The van der Waals surface area contributed by atoms with E-state index in [2.05, 4.69) is 15.6 Å². The van der Waals surface area contributed by atoms with E-state index >= 15 is 0 Å². The van der Waals surface area contributed by atoms with Crippen LogP contribution in [0.25, 0.3) is 5.69 Å². The van der Waals surface area contributed by atoms with Crippen molar-refractivity contribution in [1.29, 1.82) is 0 Å². The largest absolute Gasteiger partial charge is 0.347 e. The van der Waals surface area contributed by atoms with E-state index in [0.717, 1.165) is 29.8 Å². The van der Waals surface area contributed by atoms with E-state index in [-0.39, 0.29) is 23.3 Å². The molecule has 1 saturated carbocycles. The molecular weight excluding hydrogens is 426 g/mol. The average molecular weight is 454 g/mol. The molecular formula is C23H27N5O3S. The second-order valence-electron chi connectivity index (χ2n) is 7.76. The molecule has 0 unspecified atom stereocenters. The lowest BCUT2D eigenvalue weighted by molar-refractivity contribution is 0.0944. The Labute approximate surface area is 188 Å². The van der Waals surface area contributed by atoms with Gasteiger partial charge in [0.15, 0.2) is 5.69 Å². The fraction of sp³-hybridized carbons (Fsp3) is 0.348. The van der Waals surface area contributed by atoms with Gasteiger partial charge in [-0.25, -0.2) is 13.1 Å². The Hall–Kier alpha value is -3.04. The molecule has 0 spiro atoms. The maximum atomic E-state index is 12.9. The lowest BCUT2D eigenvalue weighted by Gasteiger charge is -2.18. The number of carbonyl (C=O) groups excluding carboxylic acids is 1. The fourth-order valence-corrected chi connectivity index (χ4v) is 5.15. The Bertz CT molecular complexity index is 1180. The number of hydrogen-bond acceptors (Lipinski definition) is 5. The molecule has 9 heteroatoms. The van der Waals surface area contributed by atoms with Crippen molar-refractivity contribution in [1.82, 2.24) is 24.6 Å². The van der Waals surface area contributed by atoms with Gasteiger partial charge in [0.1, 0.15) is 0 Å². The maximum Gasteiger partial charge on any atom is 0.274 e. The van der Waals surface area contributed by atoms with Crippen LogP contribution in [0.3, 0.4) is 0 Å². The summed E-state index contributed by atoms with van der Waals surface area (Å²) in [6.45, 7) is 4.74. The molecule has 0 atom stereocenters. The summed E-state index contributed by atoms with van der Waals surface area (Å²) in [7, 11) is -3.50. The molecule has 0 saturated heterocycles. The summed E-state index contributed by atoms with van der Waals surface area (Å²) in [4.78, 5) is 13.1. The van der Waals surface area contributed by atoms with Gasteiger partial charge in [-0.3, -0.25) is 4.79 Å². The number of nitrogens with zero attached hydrogens (tertiary/aromatic N) is 4.